The van der Waals surface area contributed by atoms with E-state index in [-0.39, 0.29) is 25.3 Å². The molecule has 3 N–H and O–H groups in total. The quantitative estimate of drug-likeness (QED) is 0.485. The zero-order valence-corrected chi connectivity index (χ0v) is 21.0. The molecule has 0 aliphatic carbocycles. The lowest BCUT2D eigenvalue weighted by Crippen LogP contribution is -2.54. The first-order valence-corrected chi connectivity index (χ1v) is 11.9. The fraction of sp³-hybridized carbons (Fsp3) is 0.583. The Morgan fingerprint density at radius 1 is 1.14 bits per heavy atom. The van der Waals surface area contributed by atoms with Gasteiger partial charge in [0.05, 0.1) is 0 Å². The highest BCUT2D eigenvalue weighted by molar-refractivity contribution is 6.07. The standard InChI is InChI=1S/C24H33F2N5O5/c1-15(19(32)31-11-9-30(10-12-31)16-5-6-17(25)18(26)13-16)14-24(20(33)28-21(34)29-24)7-8-27-22(35)36-23(2,3)4/h5-6,13,15H,7-12,14H2,1-4H3,(H,27,35)(H2,28,29,33,34)/t15-,24+/m0/s1. The van der Waals surface area contributed by atoms with Gasteiger partial charge >= 0.3 is 12.1 Å². The number of hydrogen-bond donors (Lipinski definition) is 3. The lowest BCUT2D eigenvalue weighted by atomic mass is 9.84. The van der Waals surface area contributed by atoms with Gasteiger partial charge in [-0.15, -0.1) is 0 Å². The van der Waals surface area contributed by atoms with E-state index in [2.05, 4.69) is 16.0 Å². The number of halogens is 2. The third-order valence-corrected chi connectivity index (χ3v) is 6.17. The lowest BCUT2D eigenvalue weighted by molar-refractivity contribution is -0.136. The van der Waals surface area contributed by atoms with E-state index in [1.807, 2.05) is 4.90 Å². The minimum atomic E-state index is -1.35. The predicted octanol–water partition coefficient (Wildman–Crippen LogP) is 2.13. The van der Waals surface area contributed by atoms with Crippen LogP contribution in [0.4, 0.5) is 24.1 Å². The largest absolute Gasteiger partial charge is 0.444 e. The molecule has 10 nitrogen and oxygen atoms in total. The summed E-state index contributed by atoms with van der Waals surface area (Å²) in [5, 5.41) is 7.42. The molecule has 36 heavy (non-hydrogen) atoms. The van der Waals surface area contributed by atoms with Crippen molar-refractivity contribution in [2.45, 2.75) is 51.7 Å². The smallest absolute Gasteiger partial charge is 0.407 e. The van der Waals surface area contributed by atoms with Gasteiger partial charge in [0.1, 0.15) is 11.1 Å². The number of ether oxygens (including phenoxy) is 1. The SMILES string of the molecule is C[C@@H](C[C@@]1(CCNC(=O)OC(C)(C)C)NC(=O)NC1=O)C(=O)N1CCN(c2ccc(F)c(F)c2)CC1. The molecule has 198 valence electrons. The second-order valence-corrected chi connectivity index (χ2v) is 10.2. The van der Waals surface area contributed by atoms with E-state index in [0.717, 1.165) is 12.1 Å². The highest BCUT2D eigenvalue weighted by Gasteiger charge is 2.47. The summed E-state index contributed by atoms with van der Waals surface area (Å²) in [6.45, 7) is 8.53. The van der Waals surface area contributed by atoms with Crippen molar-refractivity contribution in [1.29, 1.82) is 0 Å². The number of hydrogen-bond acceptors (Lipinski definition) is 6. The number of alkyl carbamates (subject to hydrolysis) is 1. The molecule has 0 radical (unpaired) electrons. The summed E-state index contributed by atoms with van der Waals surface area (Å²) in [6.07, 6.45) is -0.529. The van der Waals surface area contributed by atoms with Crippen molar-refractivity contribution >= 4 is 29.6 Å². The maximum Gasteiger partial charge on any atom is 0.407 e. The Labute approximate surface area is 208 Å². The van der Waals surface area contributed by atoms with Crippen LogP contribution in [0.1, 0.15) is 40.5 Å². The molecule has 1 aromatic rings. The number of imide groups is 1. The molecule has 2 saturated heterocycles. The van der Waals surface area contributed by atoms with Gasteiger partial charge in [0.15, 0.2) is 11.6 Å². The highest BCUT2D eigenvalue weighted by Crippen LogP contribution is 2.27. The van der Waals surface area contributed by atoms with Gasteiger partial charge in [-0.1, -0.05) is 6.92 Å². The van der Waals surface area contributed by atoms with Crippen LogP contribution in [0, 0.1) is 17.6 Å². The van der Waals surface area contributed by atoms with Crippen molar-refractivity contribution in [3.8, 4) is 0 Å². The highest BCUT2D eigenvalue weighted by atomic mass is 19.2. The maximum atomic E-state index is 13.6. The van der Waals surface area contributed by atoms with Gasteiger partial charge in [-0.25, -0.2) is 18.4 Å². The number of carbonyl (C=O) groups is 4. The van der Waals surface area contributed by atoms with E-state index in [9.17, 15) is 28.0 Å². The maximum absolute atomic E-state index is 13.6. The summed E-state index contributed by atoms with van der Waals surface area (Å²) in [6, 6.07) is 3.04. The molecule has 0 bridgehead atoms. The molecule has 0 saturated carbocycles. The first-order chi connectivity index (χ1) is 16.8. The monoisotopic (exact) mass is 509 g/mol. The molecule has 2 atom stereocenters. The molecule has 2 heterocycles. The van der Waals surface area contributed by atoms with Crippen molar-refractivity contribution in [1.82, 2.24) is 20.9 Å². The zero-order chi connectivity index (χ0) is 26.7. The average Bonchev–Trinajstić information content (AvgIpc) is 3.06. The average molecular weight is 510 g/mol. The number of rotatable bonds is 7. The van der Waals surface area contributed by atoms with E-state index >= 15 is 0 Å². The normalized spacial score (nSPS) is 21.1. The number of anilines is 1. The van der Waals surface area contributed by atoms with Crippen LogP contribution in [0.25, 0.3) is 0 Å². The number of piperazine rings is 1. The number of nitrogens with zero attached hydrogens (tertiary/aromatic N) is 2. The van der Waals surface area contributed by atoms with E-state index in [0.29, 0.717) is 31.9 Å². The zero-order valence-electron chi connectivity index (χ0n) is 21.0. The Hall–Kier alpha value is -3.44. The second kappa shape index (κ2) is 10.7. The Morgan fingerprint density at radius 2 is 1.81 bits per heavy atom. The fourth-order valence-corrected chi connectivity index (χ4v) is 4.43. The molecule has 2 fully saturated rings. The van der Waals surface area contributed by atoms with Crippen molar-refractivity contribution in [2.24, 2.45) is 5.92 Å². The fourth-order valence-electron chi connectivity index (χ4n) is 4.43. The van der Waals surface area contributed by atoms with Gasteiger partial charge < -0.3 is 25.2 Å². The van der Waals surface area contributed by atoms with E-state index in [1.165, 1.54) is 6.07 Å². The van der Waals surface area contributed by atoms with E-state index < -0.39 is 46.7 Å². The van der Waals surface area contributed by atoms with Crippen molar-refractivity contribution in [3.63, 3.8) is 0 Å². The van der Waals surface area contributed by atoms with Crippen molar-refractivity contribution in [2.75, 3.05) is 37.6 Å². The summed E-state index contributed by atoms with van der Waals surface area (Å²) in [5.41, 5.74) is -1.50. The predicted molar refractivity (Wildman–Crippen MR) is 127 cm³/mol. The van der Waals surface area contributed by atoms with E-state index in [4.69, 9.17) is 4.74 Å². The summed E-state index contributed by atoms with van der Waals surface area (Å²) in [4.78, 5) is 53.2. The van der Waals surface area contributed by atoms with Gasteiger partial charge in [-0.05, 0) is 45.7 Å². The molecule has 0 aromatic heterocycles. The summed E-state index contributed by atoms with van der Waals surface area (Å²) >= 11 is 0. The summed E-state index contributed by atoms with van der Waals surface area (Å²) in [5.74, 6) is -3.19. The van der Waals surface area contributed by atoms with Crippen LogP contribution < -0.4 is 20.9 Å². The van der Waals surface area contributed by atoms with Crippen LogP contribution in [-0.4, -0.2) is 72.7 Å². The summed E-state index contributed by atoms with van der Waals surface area (Å²) in [7, 11) is 0. The Kier molecular flexibility index (Phi) is 8.05. The van der Waals surface area contributed by atoms with Gasteiger partial charge in [0.25, 0.3) is 5.91 Å². The van der Waals surface area contributed by atoms with Gasteiger partial charge in [0, 0.05) is 50.4 Å². The van der Waals surface area contributed by atoms with Crippen molar-refractivity contribution in [3.05, 3.63) is 29.8 Å². The molecule has 12 heteroatoms. The number of nitrogens with one attached hydrogen (secondary N) is 3. The van der Waals surface area contributed by atoms with Crippen LogP contribution in [0.2, 0.25) is 0 Å². The first kappa shape index (κ1) is 27.2. The van der Waals surface area contributed by atoms with Crippen molar-refractivity contribution < 1.29 is 32.7 Å². The molecule has 2 aliphatic heterocycles. The molecule has 0 unspecified atom stereocenters. The Morgan fingerprint density at radius 3 is 2.36 bits per heavy atom. The molecule has 1 aromatic carbocycles. The number of carbonyl (C=O) groups excluding carboxylic acids is 4. The minimum Gasteiger partial charge on any atom is -0.444 e. The number of benzene rings is 1. The molecule has 5 amide bonds. The van der Waals surface area contributed by atoms with Gasteiger partial charge in [-0.2, -0.15) is 0 Å². The lowest BCUT2D eigenvalue weighted by Gasteiger charge is -2.38. The second-order valence-electron chi connectivity index (χ2n) is 10.2. The third kappa shape index (κ3) is 6.61. The van der Waals surface area contributed by atoms with Gasteiger partial charge in [-0.3, -0.25) is 14.9 Å². The molecular weight excluding hydrogens is 476 g/mol. The van der Waals surface area contributed by atoms with Crippen LogP contribution in [-0.2, 0) is 14.3 Å². The minimum absolute atomic E-state index is 0.0444. The topological polar surface area (TPSA) is 120 Å². The van der Waals surface area contributed by atoms with Crippen LogP contribution >= 0.6 is 0 Å². The van der Waals surface area contributed by atoms with E-state index in [1.54, 1.807) is 32.6 Å². The van der Waals surface area contributed by atoms with Crippen LogP contribution in [0.3, 0.4) is 0 Å². The molecular formula is C24H33F2N5O5. The third-order valence-electron chi connectivity index (χ3n) is 6.17. The first-order valence-electron chi connectivity index (χ1n) is 11.9. The number of amides is 5. The Balaban J connectivity index is 1.58. The van der Waals surface area contributed by atoms with Gasteiger partial charge in [0.2, 0.25) is 5.91 Å². The Bertz CT molecular complexity index is 1020. The molecule has 3 rings (SSSR count). The van der Waals surface area contributed by atoms with Crippen LogP contribution in [0.5, 0.6) is 0 Å². The summed E-state index contributed by atoms with van der Waals surface area (Å²) < 4.78 is 32.0. The molecule has 0 spiro atoms. The number of urea groups is 1. The molecule has 2 aliphatic rings. The van der Waals surface area contributed by atoms with Crippen LogP contribution in [0.15, 0.2) is 18.2 Å².